The van der Waals surface area contributed by atoms with Gasteiger partial charge in [0.2, 0.25) is 0 Å². The second-order valence-corrected chi connectivity index (χ2v) is 5.05. The van der Waals surface area contributed by atoms with Gasteiger partial charge in [-0.15, -0.1) is 0 Å². The molecule has 0 rings (SSSR count). The molecule has 0 amide bonds. The van der Waals surface area contributed by atoms with Crippen molar-refractivity contribution in [1.29, 1.82) is 0 Å². The highest BCUT2D eigenvalue weighted by molar-refractivity contribution is 5.03. The van der Waals surface area contributed by atoms with Crippen LogP contribution in [0.25, 0.3) is 0 Å². The Balaban J connectivity index is 4.64. The number of ether oxygens (including phenoxy) is 2. The van der Waals surface area contributed by atoms with Gasteiger partial charge in [-0.05, 0) is 39.7 Å². The Bertz CT molecular complexity index is 360. The van der Waals surface area contributed by atoms with E-state index in [1.807, 2.05) is 19.9 Å². The molecule has 130 valence electrons. The highest BCUT2D eigenvalue weighted by atomic mass is 19.4. The van der Waals surface area contributed by atoms with Gasteiger partial charge in [-0.2, -0.15) is 26.3 Å². The maximum Gasteiger partial charge on any atom is 0.411 e. The molecule has 0 atom stereocenters. The molecule has 0 saturated carbocycles. The summed E-state index contributed by atoms with van der Waals surface area (Å²) in [6, 6.07) is 0. The SMILES string of the molecule is CC(C)=CCC/C(C)=C/C(OCC(F)(F)F)OCC(F)(F)F. The second kappa shape index (κ2) is 9.19. The normalized spacial score (nSPS) is 13.6. The summed E-state index contributed by atoms with van der Waals surface area (Å²) in [5, 5.41) is 0. The first-order valence-electron chi connectivity index (χ1n) is 6.56. The Hall–Kier alpha value is -1.02. The lowest BCUT2D eigenvalue weighted by atomic mass is 10.1. The van der Waals surface area contributed by atoms with Crippen molar-refractivity contribution < 1.29 is 35.8 Å². The predicted molar refractivity (Wildman–Crippen MR) is 70.2 cm³/mol. The number of halogens is 6. The van der Waals surface area contributed by atoms with E-state index in [1.165, 1.54) is 0 Å². The third kappa shape index (κ3) is 13.9. The van der Waals surface area contributed by atoms with E-state index in [-0.39, 0.29) is 0 Å². The average Bonchev–Trinajstić information content (AvgIpc) is 2.30. The first-order chi connectivity index (χ1) is 9.89. The van der Waals surface area contributed by atoms with Crippen molar-refractivity contribution in [2.24, 2.45) is 0 Å². The molecule has 0 aromatic rings. The quantitative estimate of drug-likeness (QED) is 0.347. The van der Waals surface area contributed by atoms with Crippen LogP contribution in [0.4, 0.5) is 26.3 Å². The molecule has 0 aliphatic rings. The highest BCUT2D eigenvalue weighted by Crippen LogP contribution is 2.20. The third-order valence-corrected chi connectivity index (χ3v) is 2.33. The molecule has 0 aliphatic carbocycles. The van der Waals surface area contributed by atoms with Crippen molar-refractivity contribution in [3.05, 3.63) is 23.3 Å². The van der Waals surface area contributed by atoms with Gasteiger partial charge in [0, 0.05) is 0 Å². The summed E-state index contributed by atoms with van der Waals surface area (Å²) in [6.45, 7) is 2.03. The van der Waals surface area contributed by atoms with Crippen molar-refractivity contribution in [3.63, 3.8) is 0 Å². The molecule has 2 nitrogen and oxygen atoms in total. The summed E-state index contributed by atoms with van der Waals surface area (Å²) in [6.07, 6.45) is -6.78. The van der Waals surface area contributed by atoms with E-state index in [2.05, 4.69) is 9.47 Å². The van der Waals surface area contributed by atoms with Gasteiger partial charge < -0.3 is 9.47 Å². The average molecular weight is 334 g/mol. The fourth-order valence-corrected chi connectivity index (χ4v) is 1.40. The van der Waals surface area contributed by atoms with E-state index in [1.54, 1.807) is 6.92 Å². The lowest BCUT2D eigenvalue weighted by Crippen LogP contribution is -2.28. The maximum absolute atomic E-state index is 12.1. The van der Waals surface area contributed by atoms with Gasteiger partial charge >= 0.3 is 12.4 Å². The third-order valence-electron chi connectivity index (χ3n) is 2.33. The van der Waals surface area contributed by atoms with E-state index < -0.39 is 31.9 Å². The first kappa shape index (κ1) is 21.0. The zero-order valence-electron chi connectivity index (χ0n) is 12.6. The summed E-state index contributed by atoms with van der Waals surface area (Å²) >= 11 is 0. The molecule has 0 N–H and O–H groups in total. The number of hydrogen-bond acceptors (Lipinski definition) is 2. The Morgan fingerprint density at radius 1 is 0.909 bits per heavy atom. The minimum Gasteiger partial charge on any atom is -0.340 e. The van der Waals surface area contributed by atoms with Crippen LogP contribution in [0.1, 0.15) is 33.6 Å². The molecule has 0 unspecified atom stereocenters. The summed E-state index contributed by atoms with van der Waals surface area (Å²) in [5.74, 6) is 0. The number of alkyl halides is 6. The van der Waals surface area contributed by atoms with Crippen LogP contribution in [0.2, 0.25) is 0 Å². The zero-order valence-corrected chi connectivity index (χ0v) is 12.6. The van der Waals surface area contributed by atoms with Gasteiger partial charge in [-0.3, -0.25) is 0 Å². The summed E-state index contributed by atoms with van der Waals surface area (Å²) in [5.41, 5.74) is 1.66. The Morgan fingerprint density at radius 2 is 1.36 bits per heavy atom. The van der Waals surface area contributed by atoms with Crippen molar-refractivity contribution >= 4 is 0 Å². The van der Waals surface area contributed by atoms with Crippen molar-refractivity contribution in [2.45, 2.75) is 52.3 Å². The largest absolute Gasteiger partial charge is 0.411 e. The van der Waals surface area contributed by atoms with Crippen LogP contribution in [-0.2, 0) is 9.47 Å². The van der Waals surface area contributed by atoms with Crippen LogP contribution in [0.3, 0.4) is 0 Å². The topological polar surface area (TPSA) is 18.5 Å². The van der Waals surface area contributed by atoms with Crippen LogP contribution in [0.15, 0.2) is 23.3 Å². The molecule has 0 fully saturated rings. The standard InChI is InChI=1S/C14H20F6O2/c1-10(2)5-4-6-11(3)7-12(21-8-13(15,16)17)22-9-14(18,19)20/h5,7,12H,4,6,8-9H2,1-3H3/b11-7+. The maximum atomic E-state index is 12.1. The van der Waals surface area contributed by atoms with Crippen LogP contribution in [0, 0.1) is 0 Å². The summed E-state index contributed by atoms with van der Waals surface area (Å²) in [7, 11) is 0. The van der Waals surface area contributed by atoms with Crippen molar-refractivity contribution in [3.8, 4) is 0 Å². The van der Waals surface area contributed by atoms with Gasteiger partial charge in [0.05, 0.1) is 0 Å². The lowest BCUT2D eigenvalue weighted by molar-refractivity contribution is -0.246. The fraction of sp³-hybridized carbons (Fsp3) is 0.714. The molecular formula is C14H20F6O2. The molecule has 0 aliphatic heterocycles. The summed E-state index contributed by atoms with van der Waals surface area (Å²) < 4.78 is 81.2. The minimum atomic E-state index is -4.64. The number of allylic oxidation sites excluding steroid dienone is 3. The molecule has 0 saturated heterocycles. The molecule has 0 bridgehead atoms. The first-order valence-corrected chi connectivity index (χ1v) is 6.56. The van der Waals surface area contributed by atoms with E-state index in [0.29, 0.717) is 18.4 Å². The van der Waals surface area contributed by atoms with Crippen LogP contribution in [0.5, 0.6) is 0 Å². The van der Waals surface area contributed by atoms with Crippen molar-refractivity contribution in [2.75, 3.05) is 13.2 Å². The van der Waals surface area contributed by atoms with E-state index in [9.17, 15) is 26.3 Å². The number of hydrogen-bond donors (Lipinski definition) is 0. The number of rotatable bonds is 8. The van der Waals surface area contributed by atoms with Gasteiger partial charge in [0.25, 0.3) is 0 Å². The smallest absolute Gasteiger partial charge is 0.340 e. The highest BCUT2D eigenvalue weighted by Gasteiger charge is 2.32. The lowest BCUT2D eigenvalue weighted by Gasteiger charge is -2.18. The molecule has 0 spiro atoms. The van der Waals surface area contributed by atoms with E-state index >= 15 is 0 Å². The fourth-order valence-electron chi connectivity index (χ4n) is 1.40. The van der Waals surface area contributed by atoms with E-state index in [0.717, 1.165) is 11.6 Å². The monoisotopic (exact) mass is 334 g/mol. The molecule has 8 heteroatoms. The zero-order chi connectivity index (χ0) is 17.4. The molecule has 0 heterocycles. The predicted octanol–water partition coefficient (Wildman–Crippen LogP) is 5.16. The molecular weight excluding hydrogens is 314 g/mol. The molecule has 0 aromatic heterocycles. The minimum absolute atomic E-state index is 0.492. The van der Waals surface area contributed by atoms with Gasteiger partial charge in [-0.1, -0.05) is 17.2 Å². The Morgan fingerprint density at radius 3 is 1.73 bits per heavy atom. The molecule has 22 heavy (non-hydrogen) atoms. The second-order valence-electron chi connectivity index (χ2n) is 5.05. The van der Waals surface area contributed by atoms with Crippen LogP contribution < -0.4 is 0 Å². The van der Waals surface area contributed by atoms with Crippen LogP contribution in [-0.4, -0.2) is 31.9 Å². The summed E-state index contributed by atoms with van der Waals surface area (Å²) in [4.78, 5) is 0. The van der Waals surface area contributed by atoms with Crippen molar-refractivity contribution in [1.82, 2.24) is 0 Å². The van der Waals surface area contributed by atoms with Crippen LogP contribution >= 0.6 is 0 Å². The van der Waals surface area contributed by atoms with Gasteiger partial charge in [0.1, 0.15) is 13.2 Å². The molecule has 0 radical (unpaired) electrons. The Labute approximate surface area is 125 Å². The Kier molecular flexibility index (Phi) is 8.77. The van der Waals surface area contributed by atoms with E-state index in [4.69, 9.17) is 0 Å². The van der Waals surface area contributed by atoms with Gasteiger partial charge in [0.15, 0.2) is 6.29 Å². The molecule has 0 aromatic carbocycles. The van der Waals surface area contributed by atoms with Gasteiger partial charge in [-0.25, -0.2) is 0 Å².